The van der Waals surface area contributed by atoms with Crippen molar-refractivity contribution in [1.82, 2.24) is 10.2 Å². The van der Waals surface area contributed by atoms with Crippen LogP contribution in [0.25, 0.3) is 21.7 Å². The Morgan fingerprint density at radius 2 is 1.76 bits per heavy atom. The first kappa shape index (κ1) is 17.6. The SMILES string of the molecule is Cc1c(C(=O)Nc2nnc(Cc3ccccc3)s2)oc2c1ccc1ccccc12. The van der Waals surface area contributed by atoms with Crippen molar-refractivity contribution in [2.75, 3.05) is 5.32 Å². The molecule has 1 amide bonds. The normalized spacial score (nSPS) is 11.2. The Morgan fingerprint density at radius 1 is 0.966 bits per heavy atom. The third-order valence-corrected chi connectivity index (χ3v) is 5.76. The number of carbonyl (C=O) groups excluding carboxylic acids is 1. The van der Waals surface area contributed by atoms with E-state index in [1.54, 1.807) is 0 Å². The molecule has 0 aliphatic heterocycles. The van der Waals surface area contributed by atoms with Crippen molar-refractivity contribution < 1.29 is 9.21 Å². The monoisotopic (exact) mass is 399 g/mol. The molecule has 0 fully saturated rings. The molecule has 0 unspecified atom stereocenters. The molecule has 5 nitrogen and oxygen atoms in total. The number of rotatable bonds is 4. The van der Waals surface area contributed by atoms with Crippen LogP contribution in [0.3, 0.4) is 0 Å². The van der Waals surface area contributed by atoms with Crippen LogP contribution < -0.4 is 5.32 Å². The maximum absolute atomic E-state index is 12.8. The predicted molar refractivity (Wildman–Crippen MR) is 116 cm³/mol. The van der Waals surface area contributed by atoms with Gasteiger partial charge in [0.1, 0.15) is 10.6 Å². The van der Waals surface area contributed by atoms with E-state index in [1.807, 2.05) is 73.7 Å². The van der Waals surface area contributed by atoms with Gasteiger partial charge in [0, 0.05) is 22.8 Å². The molecule has 0 aliphatic carbocycles. The highest BCUT2D eigenvalue weighted by molar-refractivity contribution is 7.15. The summed E-state index contributed by atoms with van der Waals surface area (Å²) >= 11 is 1.37. The molecule has 5 aromatic rings. The fourth-order valence-electron chi connectivity index (χ4n) is 3.47. The Morgan fingerprint density at radius 3 is 2.62 bits per heavy atom. The van der Waals surface area contributed by atoms with Crippen molar-refractivity contribution in [3.8, 4) is 0 Å². The van der Waals surface area contributed by atoms with Crippen LogP contribution in [0.15, 0.2) is 71.1 Å². The lowest BCUT2D eigenvalue weighted by Crippen LogP contribution is -2.11. The van der Waals surface area contributed by atoms with Gasteiger partial charge in [-0.3, -0.25) is 10.1 Å². The molecule has 0 radical (unpaired) electrons. The number of nitrogens with one attached hydrogen (secondary N) is 1. The predicted octanol–water partition coefficient (Wildman–Crippen LogP) is 5.59. The zero-order valence-corrected chi connectivity index (χ0v) is 16.5. The first-order chi connectivity index (χ1) is 14.2. The number of hydrogen-bond donors (Lipinski definition) is 1. The van der Waals surface area contributed by atoms with Gasteiger partial charge in [-0.15, -0.1) is 10.2 Å². The van der Waals surface area contributed by atoms with E-state index in [0.29, 0.717) is 17.3 Å². The second-order valence-corrected chi connectivity index (χ2v) is 7.90. The third kappa shape index (κ3) is 3.28. The van der Waals surface area contributed by atoms with Gasteiger partial charge in [-0.2, -0.15) is 0 Å². The molecule has 2 heterocycles. The standard InChI is InChI=1S/C23H17N3O2S/c1-14-17-12-11-16-9-5-6-10-18(16)21(17)28-20(14)22(27)24-23-26-25-19(29-23)13-15-7-3-2-4-8-15/h2-12H,13H2,1H3,(H,24,26,27). The molecule has 0 saturated carbocycles. The van der Waals surface area contributed by atoms with E-state index in [2.05, 4.69) is 15.5 Å². The van der Waals surface area contributed by atoms with Gasteiger partial charge in [0.15, 0.2) is 5.76 Å². The summed E-state index contributed by atoms with van der Waals surface area (Å²) in [4.78, 5) is 12.8. The maximum Gasteiger partial charge on any atom is 0.293 e. The average molecular weight is 399 g/mol. The molecule has 5 rings (SSSR count). The molecule has 2 aromatic heterocycles. The first-order valence-electron chi connectivity index (χ1n) is 9.27. The van der Waals surface area contributed by atoms with Crippen molar-refractivity contribution in [3.63, 3.8) is 0 Å². The van der Waals surface area contributed by atoms with Gasteiger partial charge in [-0.1, -0.05) is 78.1 Å². The highest BCUT2D eigenvalue weighted by Gasteiger charge is 2.20. The maximum atomic E-state index is 12.8. The van der Waals surface area contributed by atoms with Gasteiger partial charge in [0.25, 0.3) is 5.91 Å². The summed E-state index contributed by atoms with van der Waals surface area (Å²) in [5.41, 5.74) is 2.70. The average Bonchev–Trinajstić information content (AvgIpc) is 3.33. The lowest BCUT2D eigenvalue weighted by Gasteiger charge is -1.98. The molecular weight excluding hydrogens is 382 g/mol. The Kier molecular flexibility index (Phi) is 4.33. The van der Waals surface area contributed by atoms with Gasteiger partial charge in [0.2, 0.25) is 5.13 Å². The number of furan rings is 1. The Balaban J connectivity index is 1.42. The van der Waals surface area contributed by atoms with Crippen LogP contribution in [0.4, 0.5) is 5.13 Å². The molecule has 6 heteroatoms. The lowest BCUT2D eigenvalue weighted by atomic mass is 10.1. The smallest absolute Gasteiger partial charge is 0.293 e. The molecule has 0 aliphatic rings. The van der Waals surface area contributed by atoms with E-state index >= 15 is 0 Å². The van der Waals surface area contributed by atoms with Gasteiger partial charge in [-0.25, -0.2) is 0 Å². The van der Waals surface area contributed by atoms with E-state index in [1.165, 1.54) is 11.3 Å². The Bertz CT molecular complexity index is 1340. The quantitative estimate of drug-likeness (QED) is 0.428. The Labute approximate surface area is 171 Å². The van der Waals surface area contributed by atoms with Crippen LogP contribution in [0.2, 0.25) is 0 Å². The zero-order chi connectivity index (χ0) is 19.8. The molecule has 142 valence electrons. The number of amides is 1. The Hall–Kier alpha value is -3.51. The minimum atomic E-state index is -0.315. The number of aromatic nitrogens is 2. The fraction of sp³-hybridized carbons (Fsp3) is 0.0870. The highest BCUT2D eigenvalue weighted by atomic mass is 32.1. The van der Waals surface area contributed by atoms with Crippen molar-refractivity contribution in [3.05, 3.63) is 88.6 Å². The van der Waals surface area contributed by atoms with Crippen LogP contribution >= 0.6 is 11.3 Å². The summed E-state index contributed by atoms with van der Waals surface area (Å²) in [5.74, 6) is -0.0126. The van der Waals surface area contributed by atoms with Crippen LogP contribution in [-0.2, 0) is 6.42 Å². The number of anilines is 1. The van der Waals surface area contributed by atoms with Crippen LogP contribution in [0.1, 0.15) is 26.7 Å². The summed E-state index contributed by atoms with van der Waals surface area (Å²) in [6.45, 7) is 1.90. The van der Waals surface area contributed by atoms with Gasteiger partial charge in [-0.05, 0) is 17.9 Å². The summed E-state index contributed by atoms with van der Waals surface area (Å²) in [5, 5.41) is 15.4. The van der Waals surface area contributed by atoms with E-state index in [0.717, 1.165) is 37.9 Å². The lowest BCUT2D eigenvalue weighted by molar-refractivity contribution is 0.0998. The highest BCUT2D eigenvalue weighted by Crippen LogP contribution is 2.32. The summed E-state index contributed by atoms with van der Waals surface area (Å²) in [7, 11) is 0. The van der Waals surface area contributed by atoms with Crippen molar-refractivity contribution in [1.29, 1.82) is 0 Å². The van der Waals surface area contributed by atoms with Crippen molar-refractivity contribution >= 4 is 44.1 Å². The van der Waals surface area contributed by atoms with Crippen LogP contribution in [0.5, 0.6) is 0 Å². The molecule has 1 N–H and O–H groups in total. The van der Waals surface area contributed by atoms with Crippen LogP contribution in [0, 0.1) is 6.92 Å². The number of carbonyl (C=O) groups is 1. The summed E-state index contributed by atoms with van der Waals surface area (Å²) < 4.78 is 5.99. The third-order valence-electron chi connectivity index (χ3n) is 4.92. The topological polar surface area (TPSA) is 68.0 Å². The van der Waals surface area contributed by atoms with Crippen molar-refractivity contribution in [2.45, 2.75) is 13.3 Å². The van der Waals surface area contributed by atoms with E-state index < -0.39 is 0 Å². The zero-order valence-electron chi connectivity index (χ0n) is 15.7. The van der Waals surface area contributed by atoms with E-state index in [9.17, 15) is 4.79 Å². The molecular formula is C23H17N3O2S. The number of nitrogens with zero attached hydrogens (tertiary/aromatic N) is 2. The second-order valence-electron chi connectivity index (χ2n) is 6.84. The van der Waals surface area contributed by atoms with Gasteiger partial charge in [0.05, 0.1) is 0 Å². The first-order valence-corrected chi connectivity index (χ1v) is 10.1. The fourth-order valence-corrected chi connectivity index (χ4v) is 4.23. The van der Waals surface area contributed by atoms with E-state index in [4.69, 9.17) is 4.42 Å². The molecule has 0 spiro atoms. The number of hydrogen-bond acceptors (Lipinski definition) is 5. The minimum absolute atomic E-state index is 0.302. The molecule has 29 heavy (non-hydrogen) atoms. The van der Waals surface area contributed by atoms with Gasteiger partial charge < -0.3 is 4.42 Å². The number of aryl methyl sites for hydroxylation is 1. The molecule has 0 bridgehead atoms. The second kappa shape index (κ2) is 7.14. The molecule has 0 atom stereocenters. The summed E-state index contributed by atoms with van der Waals surface area (Å²) in [6.07, 6.45) is 0.685. The largest absolute Gasteiger partial charge is 0.450 e. The summed E-state index contributed by atoms with van der Waals surface area (Å²) in [6, 6.07) is 22.1. The van der Waals surface area contributed by atoms with Gasteiger partial charge >= 0.3 is 0 Å². The van der Waals surface area contributed by atoms with E-state index in [-0.39, 0.29) is 5.91 Å². The molecule has 0 saturated heterocycles. The molecule has 3 aromatic carbocycles. The number of benzene rings is 3. The van der Waals surface area contributed by atoms with Crippen molar-refractivity contribution in [2.24, 2.45) is 0 Å². The minimum Gasteiger partial charge on any atom is -0.450 e. The van der Waals surface area contributed by atoms with Crippen LogP contribution in [-0.4, -0.2) is 16.1 Å². The number of fused-ring (bicyclic) bond motifs is 3.